The molecule has 0 radical (unpaired) electrons. The highest BCUT2D eigenvalue weighted by Gasteiger charge is 2.14. The van der Waals surface area contributed by atoms with Gasteiger partial charge in [-0.3, -0.25) is 0 Å². The normalized spacial score (nSPS) is 12.3. The lowest BCUT2D eigenvalue weighted by atomic mass is 10.5. The quantitative estimate of drug-likeness (QED) is 0.552. The van der Waals surface area contributed by atoms with Crippen LogP contribution >= 0.6 is 18.6 Å². The molecule has 0 saturated heterocycles. The van der Waals surface area contributed by atoms with E-state index in [1.54, 1.807) is 13.8 Å². The second-order valence-corrected chi connectivity index (χ2v) is 2.83. The minimum atomic E-state index is -1.92. The zero-order chi connectivity index (χ0) is 5.86. The molecule has 0 heterocycles. The van der Waals surface area contributed by atoms with Gasteiger partial charge in [0.15, 0.2) is 0 Å². The number of rotatable bonds is 2. The Bertz CT molecular complexity index is 73.3. The van der Waals surface area contributed by atoms with Crippen LogP contribution in [0.4, 0.5) is 0 Å². The van der Waals surface area contributed by atoms with Gasteiger partial charge in [0.1, 0.15) is 6.10 Å². The van der Waals surface area contributed by atoms with Crippen molar-refractivity contribution in [2.45, 2.75) is 20.0 Å². The Balaban J connectivity index is 3.13. The Morgan fingerprint density at radius 2 is 2.14 bits per heavy atom. The molecular formula is C3H7ClO2P+. The maximum atomic E-state index is 9.95. The molecule has 2 nitrogen and oxygen atoms in total. The molecule has 1 atom stereocenters. The molecule has 4 heteroatoms. The third-order valence-electron chi connectivity index (χ3n) is 0.294. The van der Waals surface area contributed by atoms with Crippen molar-refractivity contribution < 1.29 is 9.09 Å². The van der Waals surface area contributed by atoms with Crippen LogP contribution in [-0.2, 0) is 9.09 Å². The van der Waals surface area contributed by atoms with Crippen LogP contribution in [0.15, 0.2) is 0 Å². The summed E-state index contributed by atoms with van der Waals surface area (Å²) < 4.78 is 14.5. The van der Waals surface area contributed by atoms with Crippen molar-refractivity contribution in [2.75, 3.05) is 0 Å². The van der Waals surface area contributed by atoms with Gasteiger partial charge in [0, 0.05) is 0 Å². The third kappa shape index (κ3) is 6.35. The summed E-state index contributed by atoms with van der Waals surface area (Å²) in [5.74, 6) is 0. The van der Waals surface area contributed by atoms with E-state index in [9.17, 15) is 4.57 Å². The van der Waals surface area contributed by atoms with Crippen LogP contribution in [0.3, 0.4) is 0 Å². The van der Waals surface area contributed by atoms with Crippen LogP contribution in [0.1, 0.15) is 13.8 Å². The van der Waals surface area contributed by atoms with Gasteiger partial charge in [0.2, 0.25) is 11.2 Å². The van der Waals surface area contributed by atoms with E-state index in [0.717, 1.165) is 0 Å². The Morgan fingerprint density at radius 1 is 1.71 bits per heavy atom. The van der Waals surface area contributed by atoms with Gasteiger partial charge in [-0.25, -0.2) is 0 Å². The largest absolute Gasteiger partial charge is 0.633 e. The first kappa shape index (κ1) is 7.35. The minimum Gasteiger partial charge on any atom is -0.128 e. The van der Waals surface area contributed by atoms with E-state index in [-0.39, 0.29) is 6.10 Å². The number of halogens is 1. The van der Waals surface area contributed by atoms with Crippen LogP contribution in [-0.4, -0.2) is 6.10 Å². The minimum absolute atomic E-state index is 0.0406. The Morgan fingerprint density at radius 3 is 2.14 bits per heavy atom. The molecule has 0 aromatic carbocycles. The van der Waals surface area contributed by atoms with Gasteiger partial charge in [-0.15, -0.1) is 4.52 Å². The summed E-state index contributed by atoms with van der Waals surface area (Å²) in [5.41, 5.74) is 0. The van der Waals surface area contributed by atoms with Gasteiger partial charge >= 0.3 is 7.38 Å². The lowest BCUT2D eigenvalue weighted by Crippen LogP contribution is -1.91. The fourth-order valence-corrected chi connectivity index (χ4v) is 0.975. The van der Waals surface area contributed by atoms with Gasteiger partial charge in [-0.05, 0) is 18.4 Å². The molecule has 0 bridgehead atoms. The molecule has 0 aliphatic carbocycles. The highest BCUT2D eigenvalue weighted by atomic mass is 35.7. The van der Waals surface area contributed by atoms with Crippen molar-refractivity contribution in [3.8, 4) is 0 Å². The van der Waals surface area contributed by atoms with E-state index < -0.39 is 7.38 Å². The predicted molar refractivity (Wildman–Crippen MR) is 29.7 cm³/mol. The molecule has 0 fully saturated rings. The highest BCUT2D eigenvalue weighted by Crippen LogP contribution is 2.29. The summed E-state index contributed by atoms with van der Waals surface area (Å²) in [4.78, 5) is 0. The summed E-state index contributed by atoms with van der Waals surface area (Å²) in [5, 5.41) is 0. The molecule has 1 unspecified atom stereocenters. The van der Waals surface area contributed by atoms with Gasteiger partial charge in [-0.2, -0.15) is 0 Å². The third-order valence-corrected chi connectivity index (χ3v) is 1.12. The van der Waals surface area contributed by atoms with Crippen molar-refractivity contribution in [3.63, 3.8) is 0 Å². The lowest BCUT2D eigenvalue weighted by Gasteiger charge is -1.85. The summed E-state index contributed by atoms with van der Waals surface area (Å²) >= 11 is 4.96. The Hall–Kier alpha value is 0.350. The Labute approximate surface area is 48.5 Å². The van der Waals surface area contributed by atoms with E-state index in [2.05, 4.69) is 4.52 Å². The molecule has 0 rings (SSSR count). The van der Waals surface area contributed by atoms with Gasteiger partial charge in [-0.1, -0.05) is 0 Å². The monoisotopic (exact) mass is 141 g/mol. The zero-order valence-electron chi connectivity index (χ0n) is 4.22. The molecule has 7 heavy (non-hydrogen) atoms. The second kappa shape index (κ2) is 3.36. The van der Waals surface area contributed by atoms with Gasteiger partial charge in [0.05, 0.1) is 0 Å². The molecule has 0 aromatic rings. The van der Waals surface area contributed by atoms with Crippen molar-refractivity contribution in [3.05, 3.63) is 0 Å². The average molecular weight is 142 g/mol. The van der Waals surface area contributed by atoms with E-state index in [1.165, 1.54) is 0 Å². The van der Waals surface area contributed by atoms with Crippen molar-refractivity contribution >= 4 is 18.6 Å². The lowest BCUT2D eigenvalue weighted by molar-refractivity contribution is 0.263. The molecule has 0 amide bonds. The van der Waals surface area contributed by atoms with E-state index in [1.807, 2.05) is 0 Å². The molecule has 0 N–H and O–H groups in total. The standard InChI is InChI=1S/C3H7ClO2P/c1-3(2)6-7(4)5/h3H,1-2H3/q+1. The topological polar surface area (TPSA) is 26.3 Å². The summed E-state index contributed by atoms with van der Waals surface area (Å²) in [6.45, 7) is 3.55. The van der Waals surface area contributed by atoms with Gasteiger partial charge in [0.25, 0.3) is 0 Å². The predicted octanol–water partition coefficient (Wildman–Crippen LogP) is 2.31. The van der Waals surface area contributed by atoms with Crippen LogP contribution in [0.5, 0.6) is 0 Å². The maximum absolute atomic E-state index is 9.95. The van der Waals surface area contributed by atoms with E-state index in [0.29, 0.717) is 0 Å². The van der Waals surface area contributed by atoms with Crippen molar-refractivity contribution in [1.82, 2.24) is 0 Å². The van der Waals surface area contributed by atoms with Gasteiger partial charge < -0.3 is 0 Å². The first-order chi connectivity index (χ1) is 3.13. The first-order valence-electron chi connectivity index (χ1n) is 1.92. The van der Waals surface area contributed by atoms with Crippen LogP contribution in [0.2, 0.25) is 0 Å². The second-order valence-electron chi connectivity index (χ2n) is 1.37. The van der Waals surface area contributed by atoms with Crippen molar-refractivity contribution in [1.29, 1.82) is 0 Å². The molecule has 0 spiro atoms. The van der Waals surface area contributed by atoms with Crippen LogP contribution in [0, 0.1) is 0 Å². The molecule has 0 aromatic heterocycles. The molecule has 0 saturated carbocycles. The number of hydrogen-bond donors (Lipinski definition) is 0. The molecule has 0 aliphatic heterocycles. The molecular weight excluding hydrogens is 134 g/mol. The summed E-state index contributed by atoms with van der Waals surface area (Å²) in [7, 11) is -1.92. The van der Waals surface area contributed by atoms with Crippen molar-refractivity contribution in [2.24, 2.45) is 0 Å². The average Bonchev–Trinajstić information content (AvgIpc) is 1.27. The molecule has 42 valence electrons. The smallest absolute Gasteiger partial charge is 0.128 e. The fraction of sp³-hybridized carbons (Fsp3) is 1.00. The number of hydrogen-bond acceptors (Lipinski definition) is 2. The SMILES string of the molecule is CC(C)O[P+](=O)Cl. The molecule has 0 aliphatic rings. The van der Waals surface area contributed by atoms with Crippen LogP contribution < -0.4 is 0 Å². The van der Waals surface area contributed by atoms with E-state index >= 15 is 0 Å². The maximum Gasteiger partial charge on any atom is 0.633 e. The Kier molecular flexibility index (Phi) is 3.53. The highest BCUT2D eigenvalue weighted by molar-refractivity contribution is 7.69. The first-order valence-corrected chi connectivity index (χ1v) is 4.01. The summed E-state index contributed by atoms with van der Waals surface area (Å²) in [6, 6.07) is 0. The van der Waals surface area contributed by atoms with Crippen LogP contribution in [0.25, 0.3) is 0 Å². The fourth-order valence-electron chi connectivity index (χ4n) is 0.166. The summed E-state index contributed by atoms with van der Waals surface area (Å²) in [6.07, 6.45) is -0.0406. The zero-order valence-corrected chi connectivity index (χ0v) is 5.87. The van der Waals surface area contributed by atoms with E-state index in [4.69, 9.17) is 11.2 Å².